The maximum Gasteiger partial charge on any atom is 0.328 e. The summed E-state index contributed by atoms with van der Waals surface area (Å²) in [6.07, 6.45) is 4.75. The molecule has 0 aliphatic carbocycles. The molecule has 0 radical (unpaired) electrons. The van der Waals surface area contributed by atoms with E-state index in [9.17, 15) is 9.59 Å². The molecule has 0 aliphatic heterocycles. The van der Waals surface area contributed by atoms with Crippen LogP contribution in [0.2, 0.25) is 0 Å². The molecule has 0 rings (SSSR count). The van der Waals surface area contributed by atoms with E-state index in [1.807, 2.05) is 5.92 Å². The van der Waals surface area contributed by atoms with E-state index in [4.69, 9.17) is 6.42 Å². The Kier molecular flexibility index (Phi) is 3.75. The summed E-state index contributed by atoms with van der Waals surface area (Å²) in [7, 11) is 1.24. The van der Waals surface area contributed by atoms with Gasteiger partial charge in [-0.25, -0.2) is 4.79 Å². The number of ether oxygens (including phenoxy) is 1. The highest BCUT2D eigenvalue weighted by molar-refractivity contribution is 5.95. The van der Waals surface area contributed by atoms with Gasteiger partial charge in [-0.2, -0.15) is 0 Å². The average molecular weight is 155 g/mol. The van der Waals surface area contributed by atoms with Crippen molar-refractivity contribution in [2.45, 2.75) is 13.0 Å². The Balaban J connectivity index is 3.89. The van der Waals surface area contributed by atoms with Crippen molar-refractivity contribution < 1.29 is 14.3 Å². The number of rotatable bonds is 2. The number of esters is 1. The highest BCUT2D eigenvalue weighted by Crippen LogP contribution is 1.84. The molecule has 0 aromatic carbocycles. The van der Waals surface area contributed by atoms with Gasteiger partial charge >= 0.3 is 5.97 Å². The number of hydrogen-bond acceptors (Lipinski definition) is 3. The third kappa shape index (κ3) is 3.26. The first-order chi connectivity index (χ1) is 5.11. The maximum absolute atomic E-state index is 10.7. The highest BCUT2D eigenvalue weighted by Gasteiger charge is 2.13. The first-order valence-corrected chi connectivity index (χ1v) is 2.96. The first kappa shape index (κ1) is 9.50. The van der Waals surface area contributed by atoms with Gasteiger partial charge in [-0.3, -0.25) is 4.79 Å². The maximum atomic E-state index is 10.7. The first-order valence-electron chi connectivity index (χ1n) is 2.96. The van der Waals surface area contributed by atoms with Crippen LogP contribution in [0.15, 0.2) is 0 Å². The molecule has 0 aromatic rings. The van der Waals surface area contributed by atoms with Crippen LogP contribution in [0.4, 0.5) is 0 Å². The number of hydrogen-bond donors (Lipinski definition) is 1. The van der Waals surface area contributed by atoms with Gasteiger partial charge in [-0.15, -0.1) is 6.42 Å². The van der Waals surface area contributed by atoms with Crippen molar-refractivity contribution in [3.63, 3.8) is 0 Å². The molecule has 0 spiro atoms. The van der Waals surface area contributed by atoms with Crippen molar-refractivity contribution in [2.75, 3.05) is 7.11 Å². The zero-order valence-corrected chi connectivity index (χ0v) is 6.38. The molecule has 0 bridgehead atoms. The number of amides is 1. The molecule has 4 heteroatoms. The second kappa shape index (κ2) is 4.34. The van der Waals surface area contributed by atoms with Crippen molar-refractivity contribution in [1.29, 1.82) is 0 Å². The molecule has 1 N–H and O–H groups in total. The van der Waals surface area contributed by atoms with Gasteiger partial charge in [-0.05, 0) is 12.8 Å². The van der Waals surface area contributed by atoms with Crippen LogP contribution in [0.3, 0.4) is 0 Å². The van der Waals surface area contributed by atoms with Gasteiger partial charge in [0, 0.05) is 0 Å². The molecule has 4 nitrogen and oxygen atoms in total. The monoisotopic (exact) mass is 155 g/mol. The van der Waals surface area contributed by atoms with Gasteiger partial charge in [0.1, 0.15) is 6.04 Å². The minimum absolute atomic E-state index is 0.520. The van der Waals surface area contributed by atoms with E-state index in [0.717, 1.165) is 0 Å². The number of carbonyl (C=O) groups excluding carboxylic acids is 2. The topological polar surface area (TPSA) is 55.4 Å². The Hall–Kier alpha value is -1.50. The van der Waals surface area contributed by atoms with Crippen LogP contribution in [0.5, 0.6) is 0 Å². The van der Waals surface area contributed by atoms with Crippen LogP contribution >= 0.6 is 0 Å². The van der Waals surface area contributed by atoms with Crippen molar-refractivity contribution in [3.8, 4) is 12.3 Å². The molecule has 0 fully saturated rings. The summed E-state index contributed by atoms with van der Waals surface area (Å²) < 4.78 is 4.34. The molecule has 1 atom stereocenters. The summed E-state index contributed by atoms with van der Waals surface area (Å²) in [5.74, 6) is 0.675. The summed E-state index contributed by atoms with van der Waals surface area (Å²) in [6.45, 7) is 1.49. The van der Waals surface area contributed by atoms with Crippen molar-refractivity contribution in [3.05, 3.63) is 0 Å². The lowest BCUT2D eigenvalue weighted by Gasteiger charge is -2.07. The van der Waals surface area contributed by atoms with Crippen molar-refractivity contribution >= 4 is 11.9 Å². The molecule has 0 unspecified atom stereocenters. The molecule has 0 aliphatic rings. The summed E-state index contributed by atoms with van der Waals surface area (Å²) in [5, 5.41) is 2.23. The van der Waals surface area contributed by atoms with E-state index in [1.165, 1.54) is 14.0 Å². The van der Waals surface area contributed by atoms with E-state index in [0.29, 0.717) is 0 Å². The molecule has 0 heterocycles. The third-order valence-corrected chi connectivity index (χ3v) is 1.03. The van der Waals surface area contributed by atoms with E-state index < -0.39 is 17.9 Å². The number of terminal acetylenes is 1. The van der Waals surface area contributed by atoms with Gasteiger partial charge in [-0.1, -0.05) is 0 Å². The molecular formula is C7H9NO3. The van der Waals surface area contributed by atoms with Crippen molar-refractivity contribution in [2.24, 2.45) is 0 Å². The Morgan fingerprint density at radius 3 is 2.55 bits per heavy atom. The zero-order valence-electron chi connectivity index (χ0n) is 6.38. The molecule has 11 heavy (non-hydrogen) atoms. The van der Waals surface area contributed by atoms with Gasteiger partial charge in [0.15, 0.2) is 0 Å². The second-order valence-corrected chi connectivity index (χ2v) is 1.86. The Labute approximate surface area is 64.9 Å². The summed E-state index contributed by atoms with van der Waals surface area (Å²) in [5.41, 5.74) is 0. The van der Waals surface area contributed by atoms with Gasteiger partial charge in [0.25, 0.3) is 5.91 Å². The quantitative estimate of drug-likeness (QED) is 0.423. The predicted octanol–water partition coefficient (Wildman–Crippen LogP) is -0.703. The summed E-state index contributed by atoms with van der Waals surface area (Å²) in [6, 6.07) is -0.691. The van der Waals surface area contributed by atoms with E-state index in [1.54, 1.807) is 0 Å². The molecule has 0 saturated heterocycles. The van der Waals surface area contributed by atoms with Gasteiger partial charge in [0.2, 0.25) is 0 Å². The smallest absolute Gasteiger partial charge is 0.328 e. The lowest BCUT2D eigenvalue weighted by Crippen LogP contribution is -2.38. The predicted molar refractivity (Wildman–Crippen MR) is 38.5 cm³/mol. The van der Waals surface area contributed by atoms with Crippen LogP contribution in [-0.2, 0) is 14.3 Å². The van der Waals surface area contributed by atoms with Crippen LogP contribution < -0.4 is 5.32 Å². The fourth-order valence-corrected chi connectivity index (χ4v) is 0.474. The fourth-order valence-electron chi connectivity index (χ4n) is 0.474. The molecule has 1 amide bonds. The zero-order chi connectivity index (χ0) is 8.85. The minimum atomic E-state index is -0.691. The Morgan fingerprint density at radius 1 is 1.64 bits per heavy atom. The number of methoxy groups -OCH3 is 1. The normalized spacial score (nSPS) is 11.0. The Bertz CT molecular complexity index is 204. The summed E-state index contributed by atoms with van der Waals surface area (Å²) >= 11 is 0. The fraction of sp³-hybridized carbons (Fsp3) is 0.429. The van der Waals surface area contributed by atoms with Crippen molar-refractivity contribution in [1.82, 2.24) is 5.32 Å². The van der Waals surface area contributed by atoms with Crippen LogP contribution in [0.25, 0.3) is 0 Å². The largest absolute Gasteiger partial charge is 0.467 e. The van der Waals surface area contributed by atoms with Gasteiger partial charge < -0.3 is 10.1 Å². The molecule has 0 saturated carbocycles. The molecule has 60 valence electrons. The van der Waals surface area contributed by atoms with E-state index in [2.05, 4.69) is 10.1 Å². The molecular weight excluding hydrogens is 146 g/mol. The van der Waals surface area contributed by atoms with E-state index in [-0.39, 0.29) is 0 Å². The Morgan fingerprint density at radius 2 is 2.18 bits per heavy atom. The lowest BCUT2D eigenvalue weighted by molar-refractivity contribution is -0.143. The second-order valence-electron chi connectivity index (χ2n) is 1.86. The van der Waals surface area contributed by atoms with Crippen LogP contribution in [0, 0.1) is 12.3 Å². The SMILES string of the molecule is C#CC(=O)N[C@H](C)C(=O)OC. The van der Waals surface area contributed by atoms with E-state index >= 15 is 0 Å². The molecule has 0 aromatic heterocycles. The number of carbonyl (C=O) groups is 2. The van der Waals surface area contributed by atoms with Crippen LogP contribution in [-0.4, -0.2) is 25.0 Å². The highest BCUT2D eigenvalue weighted by atomic mass is 16.5. The lowest BCUT2D eigenvalue weighted by atomic mass is 10.3. The standard InChI is InChI=1S/C7H9NO3/c1-4-6(9)8-5(2)7(10)11-3/h1,5H,2-3H3,(H,8,9)/t5-/m1/s1. The number of nitrogens with one attached hydrogen (secondary N) is 1. The summed E-state index contributed by atoms with van der Waals surface area (Å²) in [4.78, 5) is 21.1. The average Bonchev–Trinajstić information content (AvgIpc) is 2.02. The minimum Gasteiger partial charge on any atom is -0.467 e. The third-order valence-electron chi connectivity index (χ3n) is 1.03. The van der Waals surface area contributed by atoms with Crippen LogP contribution in [0.1, 0.15) is 6.92 Å². The van der Waals surface area contributed by atoms with Gasteiger partial charge in [0.05, 0.1) is 7.11 Å².